The molecule has 0 saturated carbocycles. The highest BCUT2D eigenvalue weighted by Crippen LogP contribution is 2.41. The first kappa shape index (κ1) is 16.5. The van der Waals surface area contributed by atoms with Crippen LogP contribution in [-0.4, -0.2) is 38.7 Å². The molecule has 1 aliphatic heterocycles. The van der Waals surface area contributed by atoms with E-state index in [0.29, 0.717) is 23.9 Å². The SMILES string of the molecule is CCC(CC)N(C)C1(CN)CCS(=O)(=O)c2ccccc21. The average molecular weight is 310 g/mol. The van der Waals surface area contributed by atoms with Crippen LogP contribution in [0.5, 0.6) is 0 Å². The van der Waals surface area contributed by atoms with Crippen molar-refractivity contribution < 1.29 is 8.42 Å². The summed E-state index contributed by atoms with van der Waals surface area (Å²) in [6.45, 7) is 4.77. The minimum Gasteiger partial charge on any atom is -0.328 e. The highest BCUT2D eigenvalue weighted by molar-refractivity contribution is 7.91. The van der Waals surface area contributed by atoms with Gasteiger partial charge >= 0.3 is 0 Å². The first-order chi connectivity index (χ1) is 9.93. The third-order valence-electron chi connectivity index (χ3n) is 5.01. The zero-order valence-corrected chi connectivity index (χ0v) is 14.0. The lowest BCUT2D eigenvalue weighted by Gasteiger charge is -2.48. The number of benzene rings is 1. The van der Waals surface area contributed by atoms with Crippen LogP contribution in [0.3, 0.4) is 0 Å². The third-order valence-corrected chi connectivity index (χ3v) is 6.78. The van der Waals surface area contributed by atoms with Gasteiger partial charge in [0.2, 0.25) is 0 Å². The molecule has 0 spiro atoms. The van der Waals surface area contributed by atoms with Gasteiger partial charge in [0, 0.05) is 12.6 Å². The van der Waals surface area contributed by atoms with Crippen molar-refractivity contribution in [2.75, 3.05) is 19.3 Å². The summed E-state index contributed by atoms with van der Waals surface area (Å²) in [7, 11) is -1.10. The van der Waals surface area contributed by atoms with Crippen LogP contribution in [-0.2, 0) is 15.4 Å². The molecule has 5 heteroatoms. The van der Waals surface area contributed by atoms with E-state index >= 15 is 0 Å². The quantitative estimate of drug-likeness (QED) is 0.905. The molecule has 0 saturated heterocycles. The first-order valence-corrected chi connectivity index (χ1v) is 9.33. The van der Waals surface area contributed by atoms with E-state index in [9.17, 15) is 8.42 Å². The van der Waals surface area contributed by atoms with E-state index in [0.717, 1.165) is 18.4 Å². The van der Waals surface area contributed by atoms with Gasteiger partial charge in [-0.15, -0.1) is 0 Å². The second kappa shape index (κ2) is 6.07. The van der Waals surface area contributed by atoms with E-state index in [-0.39, 0.29) is 11.3 Å². The van der Waals surface area contributed by atoms with Gasteiger partial charge in [0.15, 0.2) is 9.84 Å². The lowest BCUT2D eigenvalue weighted by molar-refractivity contribution is 0.0622. The number of likely N-dealkylation sites (N-methyl/N-ethyl adjacent to an activating group) is 1. The Bertz CT molecular complexity index is 596. The summed E-state index contributed by atoms with van der Waals surface area (Å²) in [4.78, 5) is 2.76. The largest absolute Gasteiger partial charge is 0.328 e. The Kier molecular flexibility index (Phi) is 4.76. The molecule has 21 heavy (non-hydrogen) atoms. The van der Waals surface area contributed by atoms with Crippen LogP contribution >= 0.6 is 0 Å². The zero-order chi connectivity index (χ0) is 15.7. The molecule has 2 N–H and O–H groups in total. The van der Waals surface area contributed by atoms with Crippen LogP contribution < -0.4 is 5.73 Å². The molecule has 4 nitrogen and oxygen atoms in total. The lowest BCUT2D eigenvalue weighted by Crippen LogP contribution is -2.56. The molecule has 1 atom stereocenters. The van der Waals surface area contributed by atoms with Gasteiger partial charge in [-0.2, -0.15) is 0 Å². The summed E-state index contributed by atoms with van der Waals surface area (Å²) in [5, 5.41) is 0. The Morgan fingerprint density at radius 1 is 1.29 bits per heavy atom. The van der Waals surface area contributed by atoms with Gasteiger partial charge in [-0.3, -0.25) is 4.90 Å². The molecule has 0 radical (unpaired) electrons. The number of rotatable bonds is 5. The van der Waals surface area contributed by atoms with Crippen molar-refractivity contribution in [1.82, 2.24) is 4.90 Å². The van der Waals surface area contributed by atoms with Crippen LogP contribution in [0.2, 0.25) is 0 Å². The van der Waals surface area contributed by atoms with Crippen LogP contribution in [0.1, 0.15) is 38.7 Å². The summed E-state index contributed by atoms with van der Waals surface area (Å²) in [6.07, 6.45) is 2.63. The summed E-state index contributed by atoms with van der Waals surface area (Å²) >= 11 is 0. The van der Waals surface area contributed by atoms with Crippen molar-refractivity contribution in [2.45, 2.75) is 49.6 Å². The molecule has 0 aliphatic carbocycles. The normalized spacial score (nSPS) is 24.3. The molecular formula is C16H26N2O2S. The maximum absolute atomic E-state index is 12.3. The van der Waals surface area contributed by atoms with Crippen molar-refractivity contribution in [2.24, 2.45) is 5.73 Å². The monoisotopic (exact) mass is 310 g/mol. The minimum absolute atomic E-state index is 0.172. The fraction of sp³-hybridized carbons (Fsp3) is 0.625. The summed E-state index contributed by atoms with van der Waals surface area (Å²) in [6, 6.07) is 7.75. The Hall–Kier alpha value is -0.910. The fourth-order valence-corrected chi connectivity index (χ4v) is 5.28. The topological polar surface area (TPSA) is 63.4 Å². The van der Waals surface area contributed by atoms with E-state index in [1.807, 2.05) is 12.1 Å². The Morgan fingerprint density at radius 2 is 1.90 bits per heavy atom. The van der Waals surface area contributed by atoms with Crippen LogP contribution in [0.25, 0.3) is 0 Å². The molecule has 0 aromatic heterocycles. The standard InChI is InChI=1S/C16H26N2O2S/c1-4-13(5-2)18(3)16(12-17)10-11-21(19,20)15-9-7-6-8-14(15)16/h6-9,13H,4-5,10-12,17H2,1-3H3. The molecule has 0 amide bonds. The average Bonchev–Trinajstić information content (AvgIpc) is 2.49. The Balaban J connectivity index is 2.60. The van der Waals surface area contributed by atoms with Crippen molar-refractivity contribution in [3.05, 3.63) is 29.8 Å². The molecule has 1 aromatic rings. The third kappa shape index (κ3) is 2.62. The smallest absolute Gasteiger partial charge is 0.178 e. The molecule has 2 rings (SSSR count). The van der Waals surface area contributed by atoms with Gasteiger partial charge in [0.25, 0.3) is 0 Å². The Morgan fingerprint density at radius 3 is 2.48 bits per heavy atom. The molecule has 0 bridgehead atoms. The number of nitrogens with two attached hydrogens (primary N) is 1. The molecule has 1 heterocycles. The maximum atomic E-state index is 12.3. The van der Waals surface area contributed by atoms with Crippen molar-refractivity contribution in [3.8, 4) is 0 Å². The van der Waals surface area contributed by atoms with E-state index in [1.165, 1.54) is 0 Å². The summed E-state index contributed by atoms with van der Waals surface area (Å²) in [5.41, 5.74) is 6.65. The fourth-order valence-electron chi connectivity index (χ4n) is 3.58. The van der Waals surface area contributed by atoms with Crippen LogP contribution in [0.15, 0.2) is 29.2 Å². The van der Waals surface area contributed by atoms with Gasteiger partial charge in [-0.1, -0.05) is 32.0 Å². The molecule has 118 valence electrons. The Labute approximate surface area is 128 Å². The van der Waals surface area contributed by atoms with E-state index in [2.05, 4.69) is 25.8 Å². The first-order valence-electron chi connectivity index (χ1n) is 7.68. The minimum atomic E-state index is -3.18. The molecule has 0 fully saturated rings. The highest BCUT2D eigenvalue weighted by Gasteiger charge is 2.45. The van der Waals surface area contributed by atoms with E-state index in [4.69, 9.17) is 5.73 Å². The van der Waals surface area contributed by atoms with Gasteiger partial charge in [0.05, 0.1) is 16.2 Å². The second-order valence-electron chi connectivity index (χ2n) is 5.88. The maximum Gasteiger partial charge on any atom is 0.178 e. The van der Waals surface area contributed by atoms with Crippen molar-refractivity contribution in [1.29, 1.82) is 0 Å². The van der Waals surface area contributed by atoms with Crippen molar-refractivity contribution in [3.63, 3.8) is 0 Å². The molecular weight excluding hydrogens is 284 g/mol. The molecule has 1 unspecified atom stereocenters. The van der Waals surface area contributed by atoms with Crippen molar-refractivity contribution >= 4 is 9.84 Å². The van der Waals surface area contributed by atoms with E-state index in [1.54, 1.807) is 12.1 Å². The number of hydrogen-bond donors (Lipinski definition) is 1. The predicted octanol–water partition coefficient (Wildman–Crippen LogP) is 2.14. The molecule has 1 aromatic carbocycles. The molecule has 1 aliphatic rings. The summed E-state index contributed by atoms with van der Waals surface area (Å²) < 4.78 is 24.7. The van der Waals surface area contributed by atoms with E-state index < -0.39 is 9.84 Å². The highest BCUT2D eigenvalue weighted by atomic mass is 32.2. The summed E-state index contributed by atoms with van der Waals surface area (Å²) in [5.74, 6) is 0.172. The van der Waals surface area contributed by atoms with Gasteiger partial charge in [-0.25, -0.2) is 8.42 Å². The lowest BCUT2D eigenvalue weighted by atomic mass is 9.83. The van der Waals surface area contributed by atoms with Crippen LogP contribution in [0.4, 0.5) is 0 Å². The zero-order valence-electron chi connectivity index (χ0n) is 13.2. The number of hydrogen-bond acceptors (Lipinski definition) is 4. The van der Waals surface area contributed by atoms with Gasteiger partial charge in [-0.05, 0) is 37.9 Å². The second-order valence-corrected chi connectivity index (χ2v) is 7.96. The number of sulfone groups is 1. The number of nitrogens with zero attached hydrogens (tertiary/aromatic N) is 1. The van der Waals surface area contributed by atoms with Crippen LogP contribution in [0, 0.1) is 0 Å². The number of fused-ring (bicyclic) bond motifs is 1. The predicted molar refractivity (Wildman–Crippen MR) is 86.0 cm³/mol. The van der Waals surface area contributed by atoms with Gasteiger partial charge < -0.3 is 5.73 Å². The van der Waals surface area contributed by atoms with Gasteiger partial charge in [0.1, 0.15) is 0 Å².